The summed E-state index contributed by atoms with van der Waals surface area (Å²) in [5, 5.41) is 67.0. The molecule has 0 bridgehead atoms. The van der Waals surface area contributed by atoms with Gasteiger partial charge in [0.2, 0.25) is 0 Å². The second-order valence-electron chi connectivity index (χ2n) is 31.3. The number of pyridine rings is 5. The SMILES string of the molecule is CC(=O)C=C(C)O.CC(=O)C=C(C)O.CC(=O)C=C(C)O.CC(=O)C=C(C)O.CC(=O)C=C(C)O.N#Cc1ccc2cc(-c3[c-]cccc3)ncc2c1.[Ir].[Ir].[Ir].[Ir].[Ir].[c-]1cc(-c2ccccc2)ccc1-c1cc2ccccc2cn1.[c-]1cc2ccccc2cc1-c1cc2ccccc2cn1.[c-]1ccc(-c2ccccc2)cc1-c1cc2ccccc2cn1.[c-]1ccc2ccccc2c1-c1cc2ccccc2cn1. The number of allylic oxidation sites excluding steroid dienone is 10. The third-order valence-corrected chi connectivity index (χ3v) is 19.7. The van der Waals surface area contributed by atoms with Crippen molar-refractivity contribution in [2.45, 2.75) is 69.2 Å². The predicted molar refractivity (Wildman–Crippen MR) is 556 cm³/mol. The molecule has 0 atom stereocenters. The molecule has 21 heteroatoms. The molecule has 0 amide bonds. The number of benzene rings is 14. The molecular formula is C121H101Ir5N6O10-5. The Balaban J connectivity index is 0.000000286. The molecular weight excluding hydrogens is 2660 g/mol. The van der Waals surface area contributed by atoms with Crippen LogP contribution in [0.15, 0.2) is 430 Å². The molecule has 0 saturated heterocycles. The molecule has 5 aromatic heterocycles. The molecule has 0 unspecified atom stereocenters. The van der Waals surface area contributed by atoms with Crippen LogP contribution in [0.4, 0.5) is 0 Å². The number of aliphatic hydroxyl groups excluding tert-OH is 5. The topological polar surface area (TPSA) is 275 Å². The third-order valence-electron chi connectivity index (χ3n) is 19.7. The second-order valence-corrected chi connectivity index (χ2v) is 31.3. The first kappa shape index (κ1) is 118. The van der Waals surface area contributed by atoms with Crippen molar-refractivity contribution in [2.75, 3.05) is 0 Å². The minimum absolute atomic E-state index is 0. The van der Waals surface area contributed by atoms with Crippen LogP contribution in [0.5, 0.6) is 0 Å². The van der Waals surface area contributed by atoms with E-state index >= 15 is 0 Å². The van der Waals surface area contributed by atoms with E-state index in [4.69, 9.17) is 30.8 Å². The van der Waals surface area contributed by atoms with Crippen LogP contribution in [0.1, 0.15) is 74.8 Å². The summed E-state index contributed by atoms with van der Waals surface area (Å²) >= 11 is 0. The van der Waals surface area contributed by atoms with Crippen LogP contribution in [0.25, 0.3) is 154 Å². The van der Waals surface area contributed by atoms with Crippen molar-refractivity contribution in [3.05, 3.63) is 466 Å². The minimum atomic E-state index is -0.125. The predicted octanol–water partition coefficient (Wildman–Crippen LogP) is 29.2. The zero-order valence-corrected chi connectivity index (χ0v) is 91.2. The standard InChI is InChI=1S/2C21H14N.2C19H12N.C16H9N2.5C5H8O2.5Ir/c1-2-7-16(8-3-1)17-11-6-12-19(13-17)21-14-18-9-4-5-10-20(18)15-22-21;1-2-6-16(7-3-1)17-10-12-18(13-11-17)21-14-19-8-4-5-9-20(19)15-22-21;1-2-8-16-13-20-19(12-15(16)7-1)18-11-5-9-14-6-3-4-10-17(14)18;1-2-6-15-11-17(10-9-14(15)5-1)19-12-16-7-3-4-8-18(16)13-20-19;17-10-12-6-7-14-9-16(18-11-15(14)8-12)13-4-2-1-3-5-13;5*1-4(6)3-5(2)7;;;;;/h1-11,13-15H;1-12,14-15H;1-10,12-13H;1-9,11-13H;1-4,6-9,11H;5*3,6H,1-2H3;;;;;/q5*-1;;;;;;;;;;. The van der Waals surface area contributed by atoms with E-state index < -0.39 is 0 Å². The molecule has 19 aromatic rings. The van der Waals surface area contributed by atoms with Crippen LogP contribution in [0.2, 0.25) is 0 Å². The third kappa shape index (κ3) is 39.3. The van der Waals surface area contributed by atoms with Gasteiger partial charge in [-0.2, -0.15) is 5.26 Å². The van der Waals surface area contributed by atoms with Crippen LogP contribution in [-0.4, -0.2) is 79.4 Å². The van der Waals surface area contributed by atoms with Crippen molar-refractivity contribution in [1.29, 1.82) is 5.26 Å². The van der Waals surface area contributed by atoms with E-state index in [0.717, 1.165) is 88.6 Å². The van der Waals surface area contributed by atoms with E-state index in [-0.39, 0.29) is 158 Å². The molecule has 142 heavy (non-hydrogen) atoms. The van der Waals surface area contributed by atoms with Gasteiger partial charge < -0.3 is 50.5 Å². The van der Waals surface area contributed by atoms with Gasteiger partial charge >= 0.3 is 0 Å². The largest absolute Gasteiger partial charge is 0.512 e. The number of nitrogens with zero attached hydrogens (tertiary/aromatic N) is 6. The van der Waals surface area contributed by atoms with Gasteiger partial charge in [-0.25, -0.2) is 0 Å². The molecule has 5 N–H and O–H groups in total. The van der Waals surface area contributed by atoms with E-state index in [0.29, 0.717) is 5.56 Å². The number of hydrogen-bond acceptors (Lipinski definition) is 16. The van der Waals surface area contributed by atoms with Gasteiger partial charge in [0.05, 0.1) is 40.4 Å². The van der Waals surface area contributed by atoms with Crippen molar-refractivity contribution >= 4 is 104 Å². The summed E-state index contributed by atoms with van der Waals surface area (Å²) in [4.78, 5) is 72.8. The fourth-order valence-electron chi connectivity index (χ4n) is 13.8. The Bertz CT molecular complexity index is 7330. The number of ketones is 5. The van der Waals surface area contributed by atoms with E-state index in [1.165, 1.54) is 165 Å². The summed E-state index contributed by atoms with van der Waals surface area (Å²) < 4.78 is 0. The average Bonchev–Trinajstić information content (AvgIpc) is 0.795. The molecule has 0 spiro atoms. The van der Waals surface area contributed by atoms with Crippen molar-refractivity contribution < 1.29 is 150 Å². The number of nitriles is 1. The Morgan fingerprint density at radius 3 is 0.951 bits per heavy atom. The molecule has 19 rings (SSSR count). The van der Waals surface area contributed by atoms with Gasteiger partial charge in [0.15, 0.2) is 28.9 Å². The Hall–Kier alpha value is -14.6. The van der Waals surface area contributed by atoms with Crippen LogP contribution >= 0.6 is 0 Å². The molecule has 5 heterocycles. The fraction of sp³-hybridized carbons (Fsp3) is 0.0826. The Morgan fingerprint density at radius 1 is 0.246 bits per heavy atom. The van der Waals surface area contributed by atoms with Gasteiger partial charge in [-0.3, -0.25) is 24.0 Å². The van der Waals surface area contributed by atoms with Crippen molar-refractivity contribution in [1.82, 2.24) is 24.9 Å². The molecule has 0 saturated carbocycles. The van der Waals surface area contributed by atoms with Crippen LogP contribution in [0.3, 0.4) is 0 Å². The fourth-order valence-corrected chi connectivity index (χ4v) is 13.8. The summed E-state index contributed by atoms with van der Waals surface area (Å²) in [6, 6.07) is 134. The molecule has 0 aliphatic heterocycles. The maximum atomic E-state index is 10.0. The second kappa shape index (κ2) is 61.8. The first-order chi connectivity index (χ1) is 66.1. The summed E-state index contributed by atoms with van der Waals surface area (Å²) in [5.41, 5.74) is 15.3. The summed E-state index contributed by atoms with van der Waals surface area (Å²) in [6.45, 7) is 14.2. The van der Waals surface area contributed by atoms with Gasteiger partial charge in [0.25, 0.3) is 0 Å². The van der Waals surface area contributed by atoms with E-state index in [1.54, 1.807) is 6.20 Å². The van der Waals surface area contributed by atoms with E-state index in [1.807, 2.05) is 158 Å². The normalized spacial score (nSPS) is 10.5. The number of carbonyl (C=O) groups excluding carboxylic acids is 5. The number of carbonyl (C=O) groups is 5. The molecule has 0 aliphatic rings. The summed E-state index contributed by atoms with van der Waals surface area (Å²) in [6.07, 6.45) is 15.3. The summed E-state index contributed by atoms with van der Waals surface area (Å²) in [5.74, 6) is -0.312. The van der Waals surface area contributed by atoms with Crippen molar-refractivity contribution in [3.8, 4) is 84.6 Å². The Kier molecular flexibility index (Phi) is 51.3. The van der Waals surface area contributed by atoms with Gasteiger partial charge in [0, 0.05) is 162 Å². The van der Waals surface area contributed by atoms with Gasteiger partial charge in [-0.1, -0.05) is 265 Å². The molecule has 5 radical (unpaired) electrons. The van der Waals surface area contributed by atoms with Crippen LogP contribution in [-0.2, 0) is 124 Å². The van der Waals surface area contributed by atoms with E-state index in [9.17, 15) is 24.0 Å². The van der Waals surface area contributed by atoms with Crippen LogP contribution < -0.4 is 0 Å². The Labute approximate surface area is 896 Å². The first-order valence-corrected chi connectivity index (χ1v) is 43.6. The van der Waals surface area contributed by atoms with Crippen LogP contribution in [0, 0.1) is 41.7 Å². The number of aliphatic hydroxyl groups is 5. The maximum absolute atomic E-state index is 10.0. The molecule has 16 nitrogen and oxygen atoms in total. The zero-order valence-electron chi connectivity index (χ0n) is 79.2. The molecule has 0 fully saturated rings. The first-order valence-electron chi connectivity index (χ1n) is 43.6. The Morgan fingerprint density at radius 2 is 0.563 bits per heavy atom. The van der Waals surface area contributed by atoms with Gasteiger partial charge in [0.1, 0.15) is 0 Å². The minimum Gasteiger partial charge on any atom is -0.512 e. The number of hydrogen-bond donors (Lipinski definition) is 5. The molecule has 0 aliphatic carbocycles. The van der Waals surface area contributed by atoms with Crippen molar-refractivity contribution in [3.63, 3.8) is 0 Å². The zero-order chi connectivity index (χ0) is 98.0. The quantitative estimate of drug-likeness (QED) is 0.0432. The number of rotatable bonds is 12. The van der Waals surface area contributed by atoms with Gasteiger partial charge in [-0.15, -0.1) is 159 Å². The smallest absolute Gasteiger partial charge is 0.155 e. The molecule has 725 valence electrons. The van der Waals surface area contributed by atoms with Crippen molar-refractivity contribution in [2.24, 2.45) is 0 Å². The van der Waals surface area contributed by atoms with Gasteiger partial charge in [-0.05, 0) is 169 Å². The van der Waals surface area contributed by atoms with E-state index in [2.05, 4.69) is 268 Å². The maximum Gasteiger partial charge on any atom is 0.155 e. The average molecular weight is 2760 g/mol. The number of aromatic nitrogens is 5. The number of fused-ring (bicyclic) bond motifs is 7. The molecule has 14 aromatic carbocycles. The monoisotopic (exact) mass is 2760 g/mol. The summed E-state index contributed by atoms with van der Waals surface area (Å²) in [7, 11) is 0.